The van der Waals surface area contributed by atoms with Gasteiger partial charge < -0.3 is 4.90 Å². The number of anilines is 1. The fraction of sp³-hybridized carbons (Fsp3) is 0.316. The molecule has 0 aliphatic carbocycles. The van der Waals surface area contributed by atoms with Gasteiger partial charge in [0.05, 0.1) is 11.3 Å². The summed E-state index contributed by atoms with van der Waals surface area (Å²) < 4.78 is 0. The number of para-hydroxylation sites is 1. The molecule has 0 unspecified atom stereocenters. The molecule has 112 valence electrons. The lowest BCUT2D eigenvalue weighted by atomic mass is 10.1. The van der Waals surface area contributed by atoms with Crippen molar-refractivity contribution < 1.29 is 0 Å². The molecule has 0 N–H and O–H groups in total. The van der Waals surface area contributed by atoms with E-state index in [0.29, 0.717) is 0 Å². The highest BCUT2D eigenvalue weighted by atomic mass is 15.2. The van der Waals surface area contributed by atoms with Crippen LogP contribution in [0.2, 0.25) is 0 Å². The maximum absolute atomic E-state index is 9.28. The Morgan fingerprint density at radius 1 is 0.864 bits per heavy atom. The Morgan fingerprint density at radius 3 is 2.45 bits per heavy atom. The third kappa shape index (κ3) is 3.47. The van der Waals surface area contributed by atoms with E-state index in [9.17, 15) is 5.26 Å². The number of rotatable bonds is 3. The molecule has 3 rings (SSSR count). The molecule has 0 saturated carbocycles. The first-order chi connectivity index (χ1) is 10.9. The third-order valence-corrected chi connectivity index (χ3v) is 4.20. The molecule has 3 heteroatoms. The molecule has 2 aromatic carbocycles. The first-order valence-corrected chi connectivity index (χ1v) is 7.87. The summed E-state index contributed by atoms with van der Waals surface area (Å²) in [6.45, 7) is 5.15. The summed E-state index contributed by atoms with van der Waals surface area (Å²) in [5.41, 5.74) is 3.22. The summed E-state index contributed by atoms with van der Waals surface area (Å²) in [5.74, 6) is 0. The monoisotopic (exact) mass is 291 g/mol. The Bertz CT molecular complexity index is 645. The highest BCUT2D eigenvalue weighted by molar-refractivity contribution is 5.59. The molecular formula is C19H21N3. The maximum atomic E-state index is 9.28. The van der Waals surface area contributed by atoms with Crippen molar-refractivity contribution in [2.45, 2.75) is 13.0 Å². The van der Waals surface area contributed by atoms with E-state index < -0.39 is 0 Å². The van der Waals surface area contributed by atoms with Crippen LogP contribution in [-0.2, 0) is 6.54 Å². The molecule has 0 aromatic heterocycles. The predicted molar refractivity (Wildman–Crippen MR) is 89.7 cm³/mol. The van der Waals surface area contributed by atoms with E-state index in [1.54, 1.807) is 0 Å². The van der Waals surface area contributed by atoms with Crippen molar-refractivity contribution in [2.24, 2.45) is 0 Å². The average Bonchev–Trinajstić information content (AvgIpc) is 2.81. The van der Waals surface area contributed by atoms with Gasteiger partial charge in [-0.05, 0) is 24.1 Å². The molecule has 0 amide bonds. The second kappa shape index (κ2) is 7.11. The molecular weight excluding hydrogens is 270 g/mol. The predicted octanol–water partition coefficient (Wildman–Crippen LogP) is 3.27. The molecule has 0 spiro atoms. The van der Waals surface area contributed by atoms with Crippen LogP contribution in [0.3, 0.4) is 0 Å². The van der Waals surface area contributed by atoms with Gasteiger partial charge in [-0.2, -0.15) is 5.26 Å². The Morgan fingerprint density at radius 2 is 1.64 bits per heavy atom. The number of hydrogen-bond acceptors (Lipinski definition) is 3. The Balaban J connectivity index is 1.66. The van der Waals surface area contributed by atoms with Gasteiger partial charge in [0.25, 0.3) is 0 Å². The quantitative estimate of drug-likeness (QED) is 0.869. The molecule has 1 saturated heterocycles. The van der Waals surface area contributed by atoms with Crippen LogP contribution in [0.4, 0.5) is 5.69 Å². The highest BCUT2D eigenvalue weighted by Gasteiger charge is 2.17. The van der Waals surface area contributed by atoms with E-state index in [-0.39, 0.29) is 0 Å². The number of nitriles is 1. The van der Waals surface area contributed by atoms with E-state index in [1.165, 1.54) is 5.56 Å². The van der Waals surface area contributed by atoms with Crippen molar-refractivity contribution in [3.8, 4) is 6.07 Å². The van der Waals surface area contributed by atoms with Crippen LogP contribution in [0.1, 0.15) is 17.5 Å². The summed E-state index contributed by atoms with van der Waals surface area (Å²) in [7, 11) is 0. The fourth-order valence-electron chi connectivity index (χ4n) is 3.06. The molecule has 1 aliphatic heterocycles. The van der Waals surface area contributed by atoms with Gasteiger partial charge in [-0.15, -0.1) is 0 Å². The minimum Gasteiger partial charge on any atom is -0.369 e. The van der Waals surface area contributed by atoms with Crippen molar-refractivity contribution >= 4 is 5.69 Å². The zero-order chi connectivity index (χ0) is 15.2. The van der Waals surface area contributed by atoms with Gasteiger partial charge in [-0.3, -0.25) is 4.90 Å². The van der Waals surface area contributed by atoms with Gasteiger partial charge in [0.1, 0.15) is 6.07 Å². The molecule has 0 atom stereocenters. The molecule has 2 aromatic rings. The van der Waals surface area contributed by atoms with Gasteiger partial charge in [0.2, 0.25) is 0 Å². The van der Waals surface area contributed by atoms with E-state index in [2.05, 4.69) is 52.3 Å². The Labute approximate surface area is 132 Å². The van der Waals surface area contributed by atoms with Crippen LogP contribution in [0.5, 0.6) is 0 Å². The first kappa shape index (κ1) is 14.6. The standard InChI is InChI=1S/C19H21N3/c20-15-18-9-4-5-10-19(18)22-12-6-11-21(13-14-22)16-17-7-2-1-3-8-17/h1-5,7-10H,6,11-14,16H2. The smallest absolute Gasteiger partial charge is 0.101 e. The third-order valence-electron chi connectivity index (χ3n) is 4.20. The summed E-state index contributed by atoms with van der Waals surface area (Å²) in [6, 6.07) is 20.9. The van der Waals surface area contributed by atoms with Gasteiger partial charge in [-0.25, -0.2) is 0 Å². The molecule has 22 heavy (non-hydrogen) atoms. The van der Waals surface area contributed by atoms with E-state index in [4.69, 9.17) is 0 Å². The first-order valence-electron chi connectivity index (χ1n) is 7.87. The summed E-state index contributed by atoms with van der Waals surface area (Å²) in [4.78, 5) is 4.86. The van der Waals surface area contributed by atoms with Crippen LogP contribution < -0.4 is 4.90 Å². The number of benzene rings is 2. The van der Waals surface area contributed by atoms with Crippen molar-refractivity contribution in [2.75, 3.05) is 31.1 Å². The van der Waals surface area contributed by atoms with E-state index in [0.717, 1.165) is 50.4 Å². The zero-order valence-electron chi connectivity index (χ0n) is 12.8. The van der Waals surface area contributed by atoms with Crippen molar-refractivity contribution in [1.82, 2.24) is 4.90 Å². The van der Waals surface area contributed by atoms with Crippen LogP contribution >= 0.6 is 0 Å². The van der Waals surface area contributed by atoms with Gasteiger partial charge in [-0.1, -0.05) is 42.5 Å². The minimum atomic E-state index is 0.777. The van der Waals surface area contributed by atoms with E-state index in [1.807, 2.05) is 18.2 Å². The van der Waals surface area contributed by atoms with Gasteiger partial charge in [0, 0.05) is 32.7 Å². The largest absolute Gasteiger partial charge is 0.369 e. The van der Waals surface area contributed by atoms with Crippen LogP contribution in [0.15, 0.2) is 54.6 Å². The SMILES string of the molecule is N#Cc1ccccc1N1CCCN(Cc2ccccc2)CC1. The Kier molecular flexibility index (Phi) is 4.72. The van der Waals surface area contributed by atoms with Crippen molar-refractivity contribution in [3.05, 3.63) is 65.7 Å². The van der Waals surface area contributed by atoms with Gasteiger partial charge >= 0.3 is 0 Å². The second-order valence-corrected chi connectivity index (χ2v) is 5.73. The van der Waals surface area contributed by atoms with Crippen LogP contribution in [-0.4, -0.2) is 31.1 Å². The molecule has 1 fully saturated rings. The summed E-state index contributed by atoms with van der Waals surface area (Å²) in [5, 5.41) is 9.28. The lowest BCUT2D eigenvalue weighted by molar-refractivity contribution is 0.285. The Hall–Kier alpha value is -2.31. The maximum Gasteiger partial charge on any atom is 0.101 e. The lowest BCUT2D eigenvalue weighted by Crippen LogP contribution is -2.30. The normalized spacial score (nSPS) is 16.0. The minimum absolute atomic E-state index is 0.777. The molecule has 0 bridgehead atoms. The van der Waals surface area contributed by atoms with Crippen molar-refractivity contribution in [1.29, 1.82) is 5.26 Å². The molecule has 0 radical (unpaired) electrons. The highest BCUT2D eigenvalue weighted by Crippen LogP contribution is 2.21. The zero-order valence-corrected chi connectivity index (χ0v) is 12.8. The molecule has 3 nitrogen and oxygen atoms in total. The summed E-state index contributed by atoms with van der Waals surface area (Å²) >= 11 is 0. The molecule has 1 aliphatic rings. The molecule has 1 heterocycles. The fourth-order valence-corrected chi connectivity index (χ4v) is 3.06. The second-order valence-electron chi connectivity index (χ2n) is 5.73. The van der Waals surface area contributed by atoms with E-state index >= 15 is 0 Å². The van der Waals surface area contributed by atoms with Gasteiger partial charge in [0.15, 0.2) is 0 Å². The lowest BCUT2D eigenvalue weighted by Gasteiger charge is -2.24. The summed E-state index contributed by atoms with van der Waals surface area (Å²) in [6.07, 6.45) is 1.13. The number of hydrogen-bond donors (Lipinski definition) is 0. The van der Waals surface area contributed by atoms with Crippen LogP contribution in [0, 0.1) is 11.3 Å². The topological polar surface area (TPSA) is 30.3 Å². The van der Waals surface area contributed by atoms with Crippen molar-refractivity contribution in [3.63, 3.8) is 0 Å². The number of nitrogens with zero attached hydrogens (tertiary/aromatic N) is 3. The average molecular weight is 291 g/mol. The van der Waals surface area contributed by atoms with Crippen LogP contribution in [0.25, 0.3) is 0 Å².